The third kappa shape index (κ3) is 2.57. The minimum atomic E-state index is -0.0885. The van der Waals surface area contributed by atoms with E-state index < -0.39 is 0 Å². The Morgan fingerprint density at radius 3 is 3.09 bits per heavy atom. The second kappa shape index (κ2) is 5.72. The zero-order valence-corrected chi connectivity index (χ0v) is 14.5. The fourth-order valence-corrected chi connectivity index (χ4v) is 5.14. The van der Waals surface area contributed by atoms with E-state index in [1.165, 1.54) is 44.4 Å². The molecule has 1 aliphatic rings. The van der Waals surface area contributed by atoms with E-state index in [9.17, 15) is 9.59 Å². The first-order valence-electron chi connectivity index (χ1n) is 7.83. The Bertz CT molecular complexity index is 979. The van der Waals surface area contributed by atoms with Gasteiger partial charge in [0.25, 0.3) is 5.56 Å². The van der Waals surface area contributed by atoms with Crippen molar-refractivity contribution in [2.75, 3.05) is 0 Å². The van der Waals surface area contributed by atoms with Crippen LogP contribution in [0, 0.1) is 5.92 Å². The van der Waals surface area contributed by atoms with Crippen LogP contribution in [-0.4, -0.2) is 14.0 Å². The molecular weight excluding hydrogens is 330 g/mol. The number of fused-ring (bicyclic) bond motifs is 2. The molecule has 0 radical (unpaired) electrons. The third-order valence-electron chi connectivity index (χ3n) is 4.60. The Hall–Kier alpha value is -1.73. The molecule has 3 aromatic heterocycles. The van der Waals surface area contributed by atoms with Crippen molar-refractivity contribution in [3.8, 4) is 0 Å². The third-order valence-corrected chi connectivity index (χ3v) is 6.40. The Morgan fingerprint density at radius 2 is 2.26 bits per heavy atom. The monoisotopic (exact) mass is 347 g/mol. The average molecular weight is 347 g/mol. The lowest BCUT2D eigenvalue weighted by atomic mass is 9.89. The Balaban J connectivity index is 1.72. The van der Waals surface area contributed by atoms with E-state index in [1.54, 1.807) is 6.20 Å². The first-order chi connectivity index (χ1) is 11.2. The molecule has 0 aliphatic heterocycles. The molecule has 4 rings (SSSR count). The number of hydrogen-bond donors (Lipinski definition) is 0. The number of nitrogens with zero attached hydrogens (tertiary/aromatic N) is 3. The fraction of sp³-hybridized carbons (Fsp3) is 0.438. The summed E-state index contributed by atoms with van der Waals surface area (Å²) in [5, 5.41) is 1.84. The van der Waals surface area contributed by atoms with Crippen LogP contribution in [0.5, 0.6) is 0 Å². The van der Waals surface area contributed by atoms with Gasteiger partial charge in [-0.1, -0.05) is 24.7 Å². The molecule has 1 atom stereocenters. The zero-order valence-electron chi connectivity index (χ0n) is 12.8. The zero-order chi connectivity index (χ0) is 16.0. The minimum absolute atomic E-state index is 0.0694. The fourth-order valence-electron chi connectivity index (χ4n) is 3.26. The molecule has 23 heavy (non-hydrogen) atoms. The van der Waals surface area contributed by atoms with Crippen LogP contribution in [0.3, 0.4) is 0 Å². The van der Waals surface area contributed by atoms with Gasteiger partial charge >= 0.3 is 4.87 Å². The summed E-state index contributed by atoms with van der Waals surface area (Å²) in [6.45, 7) is 2.61. The summed E-state index contributed by atoms with van der Waals surface area (Å²) in [6, 6.07) is 1.54. The van der Waals surface area contributed by atoms with E-state index >= 15 is 0 Å². The molecule has 0 bridgehead atoms. The summed E-state index contributed by atoms with van der Waals surface area (Å²) in [5.74, 6) is 0.694. The topological polar surface area (TPSA) is 56.4 Å². The SMILES string of the molecule is CC[C@H]1CCc2c(sc(=O)n2Cc2cc(=O)n3ccsc3n2)C1. The number of aromatic nitrogens is 3. The summed E-state index contributed by atoms with van der Waals surface area (Å²) >= 11 is 2.80. The van der Waals surface area contributed by atoms with Gasteiger partial charge in [-0.2, -0.15) is 0 Å². The number of hydrogen-bond acceptors (Lipinski definition) is 5. The van der Waals surface area contributed by atoms with E-state index in [1.807, 2.05) is 9.95 Å². The largest absolute Gasteiger partial charge is 0.307 e. The van der Waals surface area contributed by atoms with Gasteiger partial charge in [-0.15, -0.1) is 11.3 Å². The van der Waals surface area contributed by atoms with Crippen molar-refractivity contribution in [3.63, 3.8) is 0 Å². The summed E-state index contributed by atoms with van der Waals surface area (Å²) < 4.78 is 3.35. The van der Waals surface area contributed by atoms with E-state index in [0.29, 0.717) is 23.1 Å². The second-order valence-electron chi connectivity index (χ2n) is 5.98. The van der Waals surface area contributed by atoms with Crippen molar-refractivity contribution >= 4 is 27.6 Å². The standard InChI is InChI=1S/C16H17N3O2S2/c1-2-10-3-4-12-13(7-10)23-16(21)19(12)9-11-8-14(20)18-5-6-22-15(18)17-11/h5-6,8,10H,2-4,7,9H2,1H3/t10-/m0/s1. The van der Waals surface area contributed by atoms with Crippen molar-refractivity contribution < 1.29 is 0 Å². The van der Waals surface area contributed by atoms with Crippen molar-refractivity contribution in [3.05, 3.63) is 53.9 Å². The van der Waals surface area contributed by atoms with Crippen LogP contribution in [0.25, 0.3) is 4.96 Å². The first kappa shape index (κ1) is 14.8. The normalized spacial score (nSPS) is 17.5. The molecule has 0 N–H and O–H groups in total. The molecule has 0 fully saturated rings. The van der Waals surface area contributed by atoms with E-state index in [4.69, 9.17) is 0 Å². The molecule has 3 aromatic rings. The average Bonchev–Trinajstić information content (AvgIpc) is 3.12. The smallest absolute Gasteiger partial charge is 0.297 e. The lowest BCUT2D eigenvalue weighted by molar-refractivity contribution is 0.437. The van der Waals surface area contributed by atoms with Crippen molar-refractivity contribution in [1.82, 2.24) is 14.0 Å². The lowest BCUT2D eigenvalue weighted by Gasteiger charge is -2.21. The van der Waals surface area contributed by atoms with Crippen LogP contribution >= 0.6 is 22.7 Å². The van der Waals surface area contributed by atoms with Gasteiger partial charge in [0.1, 0.15) is 0 Å². The molecule has 0 saturated heterocycles. The van der Waals surface area contributed by atoms with Gasteiger partial charge in [-0.3, -0.25) is 18.6 Å². The maximum absolute atomic E-state index is 12.4. The van der Waals surface area contributed by atoms with Gasteiger partial charge in [-0.05, 0) is 25.2 Å². The Kier molecular flexibility index (Phi) is 3.69. The molecule has 5 nitrogen and oxygen atoms in total. The molecule has 0 amide bonds. The predicted octanol–water partition coefficient (Wildman–Crippen LogP) is 2.54. The summed E-state index contributed by atoms with van der Waals surface area (Å²) in [7, 11) is 0. The Labute approximate surface area is 140 Å². The van der Waals surface area contributed by atoms with Gasteiger partial charge in [0.2, 0.25) is 0 Å². The molecule has 1 aliphatic carbocycles. The van der Waals surface area contributed by atoms with Gasteiger partial charge in [0.05, 0.1) is 12.2 Å². The first-order valence-corrected chi connectivity index (χ1v) is 9.52. The maximum atomic E-state index is 12.4. The van der Waals surface area contributed by atoms with Gasteiger partial charge < -0.3 is 0 Å². The summed E-state index contributed by atoms with van der Waals surface area (Å²) in [4.78, 5) is 31.0. The highest BCUT2D eigenvalue weighted by molar-refractivity contribution is 7.15. The van der Waals surface area contributed by atoms with Crippen LogP contribution < -0.4 is 10.4 Å². The van der Waals surface area contributed by atoms with Gasteiger partial charge in [0, 0.05) is 28.2 Å². The van der Waals surface area contributed by atoms with Crippen molar-refractivity contribution in [1.29, 1.82) is 0 Å². The quantitative estimate of drug-likeness (QED) is 0.732. The van der Waals surface area contributed by atoms with Gasteiger partial charge in [0.15, 0.2) is 4.96 Å². The molecule has 0 aromatic carbocycles. The van der Waals surface area contributed by atoms with Crippen molar-refractivity contribution in [2.24, 2.45) is 5.92 Å². The second-order valence-corrected chi connectivity index (χ2v) is 7.90. The highest BCUT2D eigenvalue weighted by atomic mass is 32.1. The molecule has 0 spiro atoms. The van der Waals surface area contributed by atoms with Gasteiger partial charge in [-0.25, -0.2) is 4.98 Å². The van der Waals surface area contributed by atoms with E-state index in [0.717, 1.165) is 25.0 Å². The molecule has 0 unspecified atom stereocenters. The predicted molar refractivity (Wildman–Crippen MR) is 92.8 cm³/mol. The van der Waals surface area contributed by atoms with Crippen LogP contribution in [0.4, 0.5) is 0 Å². The highest BCUT2D eigenvalue weighted by Gasteiger charge is 2.23. The molecule has 3 heterocycles. The Morgan fingerprint density at radius 1 is 1.39 bits per heavy atom. The highest BCUT2D eigenvalue weighted by Crippen LogP contribution is 2.29. The van der Waals surface area contributed by atoms with E-state index in [2.05, 4.69) is 11.9 Å². The minimum Gasteiger partial charge on any atom is -0.297 e. The molecule has 120 valence electrons. The molecular formula is C16H17N3O2S2. The number of rotatable bonds is 3. The van der Waals surface area contributed by atoms with Crippen LogP contribution in [0.2, 0.25) is 0 Å². The molecule has 7 heteroatoms. The van der Waals surface area contributed by atoms with E-state index in [-0.39, 0.29) is 10.4 Å². The molecule has 0 saturated carbocycles. The summed E-state index contributed by atoms with van der Waals surface area (Å²) in [6.07, 6.45) is 5.99. The van der Waals surface area contributed by atoms with Crippen molar-refractivity contribution in [2.45, 2.75) is 39.2 Å². The van der Waals surface area contributed by atoms with Crippen LogP contribution in [0.1, 0.15) is 36.0 Å². The van der Waals surface area contributed by atoms with Crippen LogP contribution in [-0.2, 0) is 19.4 Å². The number of thiazole rings is 2. The lowest BCUT2D eigenvalue weighted by Crippen LogP contribution is -2.22. The summed E-state index contributed by atoms with van der Waals surface area (Å²) in [5.41, 5.74) is 1.73. The maximum Gasteiger partial charge on any atom is 0.307 e. The van der Waals surface area contributed by atoms with Crippen LogP contribution in [0.15, 0.2) is 27.2 Å².